The molecule has 1 aromatic carbocycles. The first-order chi connectivity index (χ1) is 8.35. The first-order valence-corrected chi connectivity index (χ1v) is 6.35. The van der Waals surface area contributed by atoms with Gasteiger partial charge in [-0.05, 0) is 24.3 Å². The molecule has 1 aliphatic carbocycles. The average Bonchev–Trinajstić information content (AvgIpc) is 3.16. The van der Waals surface area contributed by atoms with Crippen LogP contribution in [0.5, 0.6) is 0 Å². The Kier molecular flexibility index (Phi) is 4.54. The van der Waals surface area contributed by atoms with E-state index >= 15 is 0 Å². The number of hydrogen-bond acceptors (Lipinski definition) is 3. The van der Waals surface area contributed by atoms with E-state index in [4.69, 9.17) is 5.11 Å². The lowest BCUT2D eigenvalue weighted by atomic mass is 10.1. The van der Waals surface area contributed by atoms with Crippen molar-refractivity contribution >= 4 is 0 Å². The van der Waals surface area contributed by atoms with Crippen LogP contribution in [0.2, 0.25) is 0 Å². The van der Waals surface area contributed by atoms with E-state index in [0.29, 0.717) is 12.5 Å². The van der Waals surface area contributed by atoms with Gasteiger partial charge in [0.1, 0.15) is 0 Å². The SMILES string of the molecule is OCCN(Cc1ccccc1)[C@@H](CO)C1CC1. The van der Waals surface area contributed by atoms with E-state index in [-0.39, 0.29) is 19.3 Å². The van der Waals surface area contributed by atoms with Gasteiger partial charge in [-0.3, -0.25) is 4.90 Å². The molecule has 1 aromatic rings. The molecule has 0 bridgehead atoms. The molecule has 0 unspecified atom stereocenters. The van der Waals surface area contributed by atoms with Gasteiger partial charge < -0.3 is 10.2 Å². The fraction of sp³-hybridized carbons (Fsp3) is 0.571. The van der Waals surface area contributed by atoms with Crippen LogP contribution in [-0.2, 0) is 6.54 Å². The molecule has 94 valence electrons. The van der Waals surface area contributed by atoms with Crippen molar-refractivity contribution in [2.45, 2.75) is 25.4 Å². The van der Waals surface area contributed by atoms with E-state index in [0.717, 1.165) is 6.54 Å². The molecule has 17 heavy (non-hydrogen) atoms. The van der Waals surface area contributed by atoms with Gasteiger partial charge in [-0.25, -0.2) is 0 Å². The minimum absolute atomic E-state index is 0.149. The summed E-state index contributed by atoms with van der Waals surface area (Å²) in [5.74, 6) is 0.621. The molecule has 0 amide bonds. The predicted octanol–water partition coefficient (Wildman–Crippen LogP) is 1.25. The minimum Gasteiger partial charge on any atom is -0.395 e. The Morgan fingerprint density at radius 2 is 1.88 bits per heavy atom. The maximum Gasteiger partial charge on any atom is 0.0589 e. The van der Waals surface area contributed by atoms with Gasteiger partial charge in [0.05, 0.1) is 13.2 Å². The minimum atomic E-state index is 0.149. The number of aliphatic hydroxyl groups excluding tert-OH is 2. The number of rotatable bonds is 7. The Morgan fingerprint density at radius 3 is 2.41 bits per heavy atom. The predicted molar refractivity (Wildman–Crippen MR) is 67.5 cm³/mol. The summed E-state index contributed by atoms with van der Waals surface area (Å²) in [6.45, 7) is 1.79. The second-order valence-electron chi connectivity index (χ2n) is 4.77. The van der Waals surface area contributed by atoms with Gasteiger partial charge in [-0.15, -0.1) is 0 Å². The molecule has 0 aliphatic heterocycles. The van der Waals surface area contributed by atoms with Gasteiger partial charge in [-0.2, -0.15) is 0 Å². The van der Waals surface area contributed by atoms with Crippen molar-refractivity contribution in [1.82, 2.24) is 4.90 Å². The highest BCUT2D eigenvalue weighted by molar-refractivity contribution is 5.14. The third-order valence-corrected chi connectivity index (χ3v) is 3.44. The molecule has 1 saturated carbocycles. The molecule has 1 fully saturated rings. The van der Waals surface area contributed by atoms with Crippen LogP contribution in [0.1, 0.15) is 18.4 Å². The van der Waals surface area contributed by atoms with E-state index in [1.165, 1.54) is 18.4 Å². The van der Waals surface area contributed by atoms with Crippen LogP contribution in [-0.4, -0.2) is 40.9 Å². The van der Waals surface area contributed by atoms with Crippen molar-refractivity contribution in [3.8, 4) is 0 Å². The van der Waals surface area contributed by atoms with Crippen molar-refractivity contribution in [3.05, 3.63) is 35.9 Å². The van der Waals surface area contributed by atoms with E-state index in [1.54, 1.807) is 0 Å². The van der Waals surface area contributed by atoms with Gasteiger partial charge in [0.2, 0.25) is 0 Å². The number of aliphatic hydroxyl groups is 2. The van der Waals surface area contributed by atoms with Gasteiger partial charge in [-0.1, -0.05) is 30.3 Å². The molecule has 2 N–H and O–H groups in total. The normalized spacial score (nSPS) is 17.4. The Hall–Kier alpha value is -0.900. The Bertz CT molecular complexity index is 324. The lowest BCUT2D eigenvalue weighted by Crippen LogP contribution is -2.40. The largest absolute Gasteiger partial charge is 0.395 e. The molecule has 0 saturated heterocycles. The lowest BCUT2D eigenvalue weighted by Gasteiger charge is -2.30. The van der Waals surface area contributed by atoms with Crippen LogP contribution in [0.25, 0.3) is 0 Å². The van der Waals surface area contributed by atoms with E-state index < -0.39 is 0 Å². The van der Waals surface area contributed by atoms with Crippen molar-refractivity contribution < 1.29 is 10.2 Å². The molecular formula is C14H21NO2. The summed E-state index contributed by atoms with van der Waals surface area (Å²) in [5.41, 5.74) is 1.24. The molecule has 0 radical (unpaired) electrons. The summed E-state index contributed by atoms with van der Waals surface area (Å²) >= 11 is 0. The van der Waals surface area contributed by atoms with Gasteiger partial charge >= 0.3 is 0 Å². The molecule has 0 heterocycles. The standard InChI is InChI=1S/C14H21NO2/c16-9-8-15(14(11-17)13-6-7-13)10-12-4-2-1-3-5-12/h1-5,13-14,16-17H,6-11H2/t14-/m0/s1. The van der Waals surface area contributed by atoms with Crippen LogP contribution >= 0.6 is 0 Å². The van der Waals surface area contributed by atoms with Crippen LogP contribution < -0.4 is 0 Å². The first-order valence-electron chi connectivity index (χ1n) is 6.35. The average molecular weight is 235 g/mol. The summed E-state index contributed by atoms with van der Waals surface area (Å²) in [7, 11) is 0. The van der Waals surface area contributed by atoms with Crippen LogP contribution in [0.4, 0.5) is 0 Å². The Balaban J connectivity index is 2.00. The highest BCUT2D eigenvalue weighted by Gasteiger charge is 2.34. The molecule has 3 nitrogen and oxygen atoms in total. The van der Waals surface area contributed by atoms with E-state index in [2.05, 4.69) is 17.0 Å². The summed E-state index contributed by atoms with van der Waals surface area (Å²) in [6.07, 6.45) is 2.42. The molecule has 3 heteroatoms. The monoisotopic (exact) mass is 235 g/mol. The van der Waals surface area contributed by atoms with Crippen molar-refractivity contribution in [2.75, 3.05) is 19.8 Å². The maximum atomic E-state index is 9.49. The summed E-state index contributed by atoms with van der Waals surface area (Å²) in [4.78, 5) is 2.20. The van der Waals surface area contributed by atoms with Gasteiger partial charge in [0.15, 0.2) is 0 Å². The van der Waals surface area contributed by atoms with Crippen LogP contribution in [0, 0.1) is 5.92 Å². The van der Waals surface area contributed by atoms with Crippen LogP contribution in [0.15, 0.2) is 30.3 Å². The summed E-state index contributed by atoms with van der Waals surface area (Å²) < 4.78 is 0. The van der Waals surface area contributed by atoms with Crippen molar-refractivity contribution in [3.63, 3.8) is 0 Å². The second-order valence-corrected chi connectivity index (χ2v) is 4.77. The molecule has 0 aromatic heterocycles. The topological polar surface area (TPSA) is 43.7 Å². The van der Waals surface area contributed by atoms with Crippen molar-refractivity contribution in [1.29, 1.82) is 0 Å². The van der Waals surface area contributed by atoms with Crippen LogP contribution in [0.3, 0.4) is 0 Å². The second kappa shape index (κ2) is 6.15. The highest BCUT2D eigenvalue weighted by Crippen LogP contribution is 2.35. The van der Waals surface area contributed by atoms with Gasteiger partial charge in [0, 0.05) is 19.1 Å². The number of benzene rings is 1. The molecule has 0 spiro atoms. The quantitative estimate of drug-likeness (QED) is 0.747. The molecule has 1 atom stereocenters. The number of hydrogen-bond donors (Lipinski definition) is 2. The lowest BCUT2D eigenvalue weighted by molar-refractivity contribution is 0.0827. The maximum absolute atomic E-state index is 9.49. The van der Waals surface area contributed by atoms with E-state index in [9.17, 15) is 5.11 Å². The van der Waals surface area contributed by atoms with Crippen molar-refractivity contribution in [2.24, 2.45) is 5.92 Å². The third kappa shape index (κ3) is 3.53. The first kappa shape index (κ1) is 12.6. The fourth-order valence-corrected chi connectivity index (χ4v) is 2.35. The summed E-state index contributed by atoms with van der Waals surface area (Å²) in [5, 5.41) is 18.6. The summed E-state index contributed by atoms with van der Waals surface area (Å²) in [6, 6.07) is 10.4. The molecule has 2 rings (SSSR count). The molecular weight excluding hydrogens is 214 g/mol. The third-order valence-electron chi connectivity index (χ3n) is 3.44. The smallest absolute Gasteiger partial charge is 0.0589 e. The zero-order chi connectivity index (χ0) is 12.1. The Morgan fingerprint density at radius 1 is 1.18 bits per heavy atom. The fourth-order valence-electron chi connectivity index (χ4n) is 2.35. The van der Waals surface area contributed by atoms with E-state index in [1.807, 2.05) is 18.2 Å². The zero-order valence-electron chi connectivity index (χ0n) is 10.1. The number of nitrogens with zero attached hydrogens (tertiary/aromatic N) is 1. The molecule has 1 aliphatic rings. The zero-order valence-corrected chi connectivity index (χ0v) is 10.1. The Labute approximate surface area is 103 Å². The highest BCUT2D eigenvalue weighted by atomic mass is 16.3. The van der Waals surface area contributed by atoms with Gasteiger partial charge in [0.25, 0.3) is 0 Å².